The molecule has 0 aliphatic carbocycles. The first-order valence-electron chi connectivity index (χ1n) is 10.2. The number of carbonyl (C=O) groups is 2. The van der Waals surface area contributed by atoms with Crippen LogP contribution in [0.25, 0.3) is 11.4 Å². The smallest absolute Gasteiger partial charge is 0.335 e. The Kier molecular flexibility index (Phi) is 7.10. The number of hydrogen-bond acceptors (Lipinski definition) is 8. The van der Waals surface area contributed by atoms with Crippen molar-refractivity contribution in [1.82, 2.24) is 30.5 Å². The van der Waals surface area contributed by atoms with Crippen LogP contribution >= 0.6 is 11.6 Å². The molecule has 0 spiro atoms. The van der Waals surface area contributed by atoms with Gasteiger partial charge in [0.15, 0.2) is 6.10 Å². The second-order valence-corrected chi connectivity index (χ2v) is 8.00. The molecule has 3 aromatic rings. The fraction of sp³-hybridized carbons (Fsp3) is 0.333. The third-order valence-corrected chi connectivity index (χ3v) is 5.23. The minimum absolute atomic E-state index is 0.0243. The molecule has 0 saturated carbocycles. The molecular formula is C21H20ClFN6O5. The highest BCUT2D eigenvalue weighted by atomic mass is 35.5. The second kappa shape index (κ2) is 10.2. The third kappa shape index (κ3) is 5.71. The number of benzene rings is 1. The van der Waals surface area contributed by atoms with E-state index in [0.717, 1.165) is 0 Å². The van der Waals surface area contributed by atoms with E-state index in [0.29, 0.717) is 16.8 Å². The van der Waals surface area contributed by atoms with Crippen molar-refractivity contribution in [2.45, 2.75) is 32.2 Å². The van der Waals surface area contributed by atoms with Gasteiger partial charge in [0.25, 0.3) is 5.91 Å². The fourth-order valence-electron chi connectivity index (χ4n) is 3.25. The summed E-state index contributed by atoms with van der Waals surface area (Å²) >= 11 is 5.78. The van der Waals surface area contributed by atoms with Gasteiger partial charge in [-0.2, -0.15) is 4.80 Å². The number of aromatic nitrogens is 5. The lowest BCUT2D eigenvalue weighted by molar-refractivity contribution is -0.177. The van der Waals surface area contributed by atoms with Gasteiger partial charge in [0, 0.05) is 17.8 Å². The van der Waals surface area contributed by atoms with Gasteiger partial charge in [0.2, 0.25) is 5.82 Å². The Hall–Kier alpha value is -3.48. The summed E-state index contributed by atoms with van der Waals surface area (Å²) in [5, 5.41) is 24.0. The quantitative estimate of drug-likeness (QED) is 0.505. The number of ether oxygens (including phenoxy) is 2. The summed E-state index contributed by atoms with van der Waals surface area (Å²) in [5.41, 5.74) is 1.91. The summed E-state index contributed by atoms with van der Waals surface area (Å²) < 4.78 is 24.0. The van der Waals surface area contributed by atoms with Crippen molar-refractivity contribution in [2.75, 3.05) is 13.2 Å². The first kappa shape index (κ1) is 23.7. The van der Waals surface area contributed by atoms with E-state index >= 15 is 0 Å². The summed E-state index contributed by atoms with van der Waals surface area (Å²) in [6.45, 7) is 2.12. The lowest BCUT2D eigenvalue weighted by atomic mass is 10.1. The van der Waals surface area contributed by atoms with Crippen molar-refractivity contribution in [3.05, 3.63) is 58.1 Å². The molecule has 0 bridgehead atoms. The van der Waals surface area contributed by atoms with Crippen molar-refractivity contribution in [3.8, 4) is 11.4 Å². The normalized spacial score (nSPS) is 18.0. The van der Waals surface area contributed by atoms with Gasteiger partial charge in [-0.15, -0.1) is 10.2 Å². The number of carbonyl (C=O) groups excluding carboxylic acids is 1. The van der Waals surface area contributed by atoms with E-state index in [1.54, 1.807) is 19.1 Å². The maximum absolute atomic E-state index is 13.3. The standard InChI is InChI=1S/C21H20ClFN6O5/c1-11-4-13(6-17(25-11)20(30)24-7-12-2-3-16(23)15(22)5-12)19-26-28-29(27-19)8-14-9-34-18(10-33-14)21(31)32/h2-6,14,18H,7-10H2,1H3,(H,24,30)(H,31,32)/t14?,18-/m0/s1. The van der Waals surface area contributed by atoms with Gasteiger partial charge in [-0.1, -0.05) is 17.7 Å². The molecule has 0 radical (unpaired) electrons. The number of pyridine rings is 1. The molecule has 34 heavy (non-hydrogen) atoms. The Balaban J connectivity index is 1.41. The molecule has 1 aliphatic heterocycles. The van der Waals surface area contributed by atoms with Crippen molar-refractivity contribution >= 4 is 23.5 Å². The van der Waals surface area contributed by atoms with Crippen molar-refractivity contribution in [2.24, 2.45) is 0 Å². The number of halogens is 2. The molecule has 2 N–H and O–H groups in total. The van der Waals surface area contributed by atoms with Crippen LogP contribution in [0.1, 0.15) is 21.7 Å². The summed E-state index contributed by atoms with van der Waals surface area (Å²) in [4.78, 5) is 29.1. The number of carboxylic acids is 1. The average Bonchev–Trinajstić information content (AvgIpc) is 3.28. The third-order valence-electron chi connectivity index (χ3n) is 4.94. The van der Waals surface area contributed by atoms with Crippen LogP contribution in [0.3, 0.4) is 0 Å². The van der Waals surface area contributed by atoms with Gasteiger partial charge in [-0.05, 0) is 42.0 Å². The summed E-state index contributed by atoms with van der Waals surface area (Å²) in [6, 6.07) is 7.46. The van der Waals surface area contributed by atoms with Crippen molar-refractivity contribution < 1.29 is 28.6 Å². The molecule has 3 heterocycles. The molecule has 1 unspecified atom stereocenters. The van der Waals surface area contributed by atoms with Gasteiger partial charge in [0.1, 0.15) is 17.6 Å². The highest BCUT2D eigenvalue weighted by molar-refractivity contribution is 6.30. The number of nitrogens with one attached hydrogen (secondary N) is 1. The Morgan fingerprint density at radius 1 is 1.26 bits per heavy atom. The fourth-order valence-corrected chi connectivity index (χ4v) is 3.45. The second-order valence-electron chi connectivity index (χ2n) is 7.60. The SMILES string of the molecule is Cc1cc(-c2nnn(CC3CO[C@H](C(=O)O)CO3)n2)cc(C(=O)NCc2ccc(F)c(Cl)c2)n1. The van der Waals surface area contributed by atoms with Crippen LogP contribution in [0.5, 0.6) is 0 Å². The van der Waals surface area contributed by atoms with Crippen LogP contribution in [-0.4, -0.2) is 67.6 Å². The molecule has 2 atom stereocenters. The van der Waals surface area contributed by atoms with E-state index in [-0.39, 0.29) is 42.8 Å². The van der Waals surface area contributed by atoms with E-state index < -0.39 is 29.9 Å². The molecule has 11 nitrogen and oxygen atoms in total. The van der Waals surface area contributed by atoms with Gasteiger partial charge in [0.05, 0.1) is 24.8 Å². The number of rotatable bonds is 7. The highest BCUT2D eigenvalue weighted by Gasteiger charge is 2.28. The lowest BCUT2D eigenvalue weighted by Crippen LogP contribution is -2.42. The first-order chi connectivity index (χ1) is 16.3. The number of nitrogens with zero attached hydrogens (tertiary/aromatic N) is 5. The topological polar surface area (TPSA) is 141 Å². The Morgan fingerprint density at radius 2 is 2.09 bits per heavy atom. The molecule has 1 saturated heterocycles. The predicted octanol–water partition coefficient (Wildman–Crippen LogP) is 1.63. The van der Waals surface area contributed by atoms with Gasteiger partial charge >= 0.3 is 5.97 Å². The lowest BCUT2D eigenvalue weighted by Gasteiger charge is -2.26. The zero-order valence-electron chi connectivity index (χ0n) is 17.9. The molecule has 178 valence electrons. The summed E-state index contributed by atoms with van der Waals surface area (Å²) in [7, 11) is 0. The molecule has 13 heteroatoms. The van der Waals surface area contributed by atoms with Crippen LogP contribution in [-0.2, 0) is 27.4 Å². The molecule has 2 aromatic heterocycles. The largest absolute Gasteiger partial charge is 0.479 e. The number of amides is 1. The molecule has 1 aromatic carbocycles. The van der Waals surface area contributed by atoms with E-state index in [1.807, 2.05) is 0 Å². The minimum atomic E-state index is -1.08. The first-order valence-corrected chi connectivity index (χ1v) is 10.6. The summed E-state index contributed by atoms with van der Waals surface area (Å²) in [5.74, 6) is -1.76. The van der Waals surface area contributed by atoms with Crippen LogP contribution in [0.4, 0.5) is 4.39 Å². The van der Waals surface area contributed by atoms with E-state index in [9.17, 15) is 14.0 Å². The van der Waals surface area contributed by atoms with Crippen molar-refractivity contribution in [1.29, 1.82) is 0 Å². The van der Waals surface area contributed by atoms with E-state index in [4.69, 9.17) is 26.2 Å². The van der Waals surface area contributed by atoms with Crippen LogP contribution in [0.15, 0.2) is 30.3 Å². The highest BCUT2D eigenvalue weighted by Crippen LogP contribution is 2.18. The number of tetrazole rings is 1. The minimum Gasteiger partial charge on any atom is -0.479 e. The number of carboxylic acid groups (broad SMARTS) is 1. The zero-order chi connectivity index (χ0) is 24.2. The molecule has 1 amide bonds. The van der Waals surface area contributed by atoms with Gasteiger partial charge in [-0.3, -0.25) is 4.79 Å². The van der Waals surface area contributed by atoms with E-state index in [2.05, 4.69) is 25.7 Å². The molecular weight excluding hydrogens is 471 g/mol. The van der Waals surface area contributed by atoms with Crippen LogP contribution in [0, 0.1) is 12.7 Å². The van der Waals surface area contributed by atoms with Gasteiger partial charge in [-0.25, -0.2) is 14.2 Å². The zero-order valence-corrected chi connectivity index (χ0v) is 18.7. The molecule has 4 rings (SSSR count). The molecule has 1 fully saturated rings. The van der Waals surface area contributed by atoms with E-state index in [1.165, 1.54) is 23.0 Å². The predicted molar refractivity (Wildman–Crippen MR) is 115 cm³/mol. The Bertz CT molecular complexity index is 1210. The maximum atomic E-state index is 13.3. The number of aliphatic carboxylic acids is 1. The van der Waals surface area contributed by atoms with Crippen LogP contribution < -0.4 is 5.32 Å². The number of aryl methyl sites for hydroxylation is 1. The maximum Gasteiger partial charge on any atom is 0.335 e. The van der Waals surface area contributed by atoms with Gasteiger partial charge < -0.3 is 19.9 Å². The Labute approximate surface area is 197 Å². The average molecular weight is 491 g/mol. The number of hydrogen-bond donors (Lipinski definition) is 2. The Morgan fingerprint density at radius 3 is 2.79 bits per heavy atom. The molecule has 1 aliphatic rings. The summed E-state index contributed by atoms with van der Waals surface area (Å²) in [6.07, 6.45) is -1.40. The van der Waals surface area contributed by atoms with Crippen molar-refractivity contribution in [3.63, 3.8) is 0 Å². The van der Waals surface area contributed by atoms with Crippen LogP contribution in [0.2, 0.25) is 5.02 Å². The monoisotopic (exact) mass is 490 g/mol.